The van der Waals surface area contributed by atoms with Crippen LogP contribution in [0.15, 0.2) is 0 Å². The summed E-state index contributed by atoms with van der Waals surface area (Å²) in [6, 6.07) is 0. The molecule has 0 bridgehead atoms. The molecule has 0 aromatic rings. The third-order valence-electron chi connectivity index (χ3n) is 2.34. The summed E-state index contributed by atoms with van der Waals surface area (Å²) < 4.78 is 10.3. The molecule has 2 atom stereocenters. The number of rotatable bonds is 2. The van der Waals surface area contributed by atoms with Crippen molar-refractivity contribution in [1.29, 1.82) is 0 Å². The molecule has 0 aromatic carbocycles. The topological polar surface area (TPSA) is 67.8 Å². The number of nitrogens with one attached hydrogen (secondary N) is 1. The van der Waals surface area contributed by atoms with Crippen molar-refractivity contribution in [2.45, 2.75) is 38.9 Å². The van der Waals surface area contributed by atoms with Crippen molar-refractivity contribution in [3.8, 4) is 0 Å². The molecule has 1 saturated heterocycles. The average molecular weight is 231 g/mol. The van der Waals surface area contributed by atoms with E-state index in [4.69, 9.17) is 9.47 Å². The van der Waals surface area contributed by atoms with Crippen molar-refractivity contribution in [1.82, 2.24) is 5.32 Å². The number of aliphatic hydroxyl groups is 1. The van der Waals surface area contributed by atoms with Crippen LogP contribution in [0.1, 0.15) is 27.2 Å². The van der Waals surface area contributed by atoms with E-state index < -0.39 is 17.8 Å². The van der Waals surface area contributed by atoms with E-state index in [-0.39, 0.29) is 5.92 Å². The molecule has 1 aliphatic rings. The van der Waals surface area contributed by atoms with Crippen LogP contribution in [0.4, 0.5) is 4.79 Å². The highest BCUT2D eigenvalue weighted by Crippen LogP contribution is 2.14. The molecule has 2 unspecified atom stereocenters. The number of alkyl carbamates (subject to hydrolysis) is 1. The van der Waals surface area contributed by atoms with Crippen LogP contribution in [0.5, 0.6) is 0 Å². The summed E-state index contributed by atoms with van der Waals surface area (Å²) in [5.41, 5.74) is -0.494. The fraction of sp³-hybridized carbons (Fsp3) is 0.909. The zero-order valence-electron chi connectivity index (χ0n) is 10.2. The average Bonchev–Trinajstić information content (AvgIpc) is 2.14. The van der Waals surface area contributed by atoms with Crippen LogP contribution >= 0.6 is 0 Å². The van der Waals surface area contributed by atoms with Gasteiger partial charge in [-0.25, -0.2) is 4.79 Å². The molecule has 94 valence electrons. The SMILES string of the molecule is CC(C)(C)OC(=O)NCC1COCCC1O. The Hall–Kier alpha value is -0.810. The summed E-state index contributed by atoms with van der Waals surface area (Å²) in [5.74, 6) is -0.0405. The molecule has 1 rings (SSSR count). The van der Waals surface area contributed by atoms with Gasteiger partial charge in [0.1, 0.15) is 5.60 Å². The lowest BCUT2D eigenvalue weighted by Crippen LogP contribution is -2.42. The summed E-state index contributed by atoms with van der Waals surface area (Å²) in [6.07, 6.45) is -0.227. The summed E-state index contributed by atoms with van der Waals surface area (Å²) in [7, 11) is 0. The van der Waals surface area contributed by atoms with E-state index in [9.17, 15) is 9.90 Å². The Bertz CT molecular complexity index is 237. The van der Waals surface area contributed by atoms with E-state index in [0.717, 1.165) is 0 Å². The Labute approximate surface area is 96.1 Å². The minimum atomic E-state index is -0.494. The zero-order valence-corrected chi connectivity index (χ0v) is 10.2. The van der Waals surface area contributed by atoms with Crippen LogP contribution in [-0.4, -0.2) is 42.7 Å². The van der Waals surface area contributed by atoms with Gasteiger partial charge in [0.2, 0.25) is 0 Å². The van der Waals surface area contributed by atoms with Crippen LogP contribution in [0.2, 0.25) is 0 Å². The van der Waals surface area contributed by atoms with Gasteiger partial charge >= 0.3 is 6.09 Å². The first-order chi connectivity index (χ1) is 7.38. The molecule has 0 radical (unpaired) electrons. The first kappa shape index (κ1) is 13.3. The molecular weight excluding hydrogens is 210 g/mol. The molecule has 1 aliphatic heterocycles. The molecule has 16 heavy (non-hydrogen) atoms. The van der Waals surface area contributed by atoms with E-state index in [0.29, 0.717) is 26.2 Å². The van der Waals surface area contributed by atoms with Gasteiger partial charge in [-0.15, -0.1) is 0 Å². The number of carbonyl (C=O) groups excluding carboxylic acids is 1. The Balaban J connectivity index is 2.25. The largest absolute Gasteiger partial charge is 0.444 e. The summed E-state index contributed by atoms with van der Waals surface area (Å²) in [5, 5.41) is 12.3. The van der Waals surface area contributed by atoms with E-state index >= 15 is 0 Å². The maximum absolute atomic E-state index is 11.4. The van der Waals surface area contributed by atoms with Crippen LogP contribution < -0.4 is 5.32 Å². The van der Waals surface area contributed by atoms with E-state index in [1.165, 1.54) is 0 Å². The first-order valence-electron chi connectivity index (χ1n) is 5.61. The Morgan fingerprint density at radius 1 is 1.56 bits per heavy atom. The number of hydrogen-bond acceptors (Lipinski definition) is 4. The van der Waals surface area contributed by atoms with Crippen molar-refractivity contribution < 1.29 is 19.4 Å². The number of hydrogen-bond donors (Lipinski definition) is 2. The molecule has 0 aliphatic carbocycles. The highest BCUT2D eigenvalue weighted by atomic mass is 16.6. The molecule has 1 heterocycles. The maximum atomic E-state index is 11.4. The predicted octanol–water partition coefficient (Wildman–Crippen LogP) is 0.908. The second-order valence-corrected chi connectivity index (χ2v) is 5.07. The fourth-order valence-electron chi connectivity index (χ4n) is 1.51. The summed E-state index contributed by atoms with van der Waals surface area (Å²) >= 11 is 0. The first-order valence-corrected chi connectivity index (χ1v) is 5.61. The normalized spacial score (nSPS) is 26.2. The van der Waals surface area contributed by atoms with Crippen molar-refractivity contribution in [3.63, 3.8) is 0 Å². The van der Waals surface area contributed by atoms with Gasteiger partial charge in [-0.2, -0.15) is 0 Å². The molecule has 1 fully saturated rings. The van der Waals surface area contributed by atoms with Gasteiger partial charge < -0.3 is 19.9 Å². The highest BCUT2D eigenvalue weighted by Gasteiger charge is 2.25. The van der Waals surface area contributed by atoms with Gasteiger partial charge in [0, 0.05) is 19.1 Å². The van der Waals surface area contributed by atoms with Crippen LogP contribution in [-0.2, 0) is 9.47 Å². The van der Waals surface area contributed by atoms with Gasteiger partial charge in [0.25, 0.3) is 0 Å². The van der Waals surface area contributed by atoms with Gasteiger partial charge in [-0.3, -0.25) is 0 Å². The number of ether oxygens (including phenoxy) is 2. The predicted molar refractivity (Wildman–Crippen MR) is 59.2 cm³/mol. The zero-order chi connectivity index (χ0) is 12.2. The monoisotopic (exact) mass is 231 g/mol. The van der Waals surface area contributed by atoms with Gasteiger partial charge in [0.05, 0.1) is 12.7 Å². The standard InChI is InChI=1S/C11H21NO4/c1-11(2,3)16-10(14)12-6-8-7-15-5-4-9(8)13/h8-9,13H,4-7H2,1-3H3,(H,12,14). The molecule has 0 saturated carbocycles. The van der Waals surface area contributed by atoms with Crippen LogP contribution in [0, 0.1) is 5.92 Å². The van der Waals surface area contributed by atoms with Crippen molar-refractivity contribution >= 4 is 6.09 Å². The number of aliphatic hydroxyl groups excluding tert-OH is 1. The van der Waals surface area contributed by atoms with E-state index in [2.05, 4.69) is 5.32 Å². The highest BCUT2D eigenvalue weighted by molar-refractivity contribution is 5.67. The molecule has 2 N–H and O–H groups in total. The smallest absolute Gasteiger partial charge is 0.407 e. The Kier molecular flexibility index (Phi) is 4.56. The van der Waals surface area contributed by atoms with E-state index in [1.807, 2.05) is 20.8 Å². The summed E-state index contributed by atoms with van der Waals surface area (Å²) in [6.45, 7) is 6.89. The number of amides is 1. The second kappa shape index (κ2) is 5.50. The van der Waals surface area contributed by atoms with E-state index in [1.54, 1.807) is 0 Å². The molecule has 1 amide bonds. The van der Waals surface area contributed by atoms with Crippen molar-refractivity contribution in [2.24, 2.45) is 5.92 Å². The lowest BCUT2D eigenvalue weighted by molar-refractivity contribution is -0.0352. The van der Waals surface area contributed by atoms with Crippen LogP contribution in [0.3, 0.4) is 0 Å². The minimum Gasteiger partial charge on any atom is -0.444 e. The van der Waals surface area contributed by atoms with Crippen LogP contribution in [0.25, 0.3) is 0 Å². The maximum Gasteiger partial charge on any atom is 0.407 e. The second-order valence-electron chi connectivity index (χ2n) is 5.07. The lowest BCUT2D eigenvalue weighted by atomic mass is 9.99. The Morgan fingerprint density at radius 3 is 2.81 bits per heavy atom. The van der Waals surface area contributed by atoms with Crippen molar-refractivity contribution in [2.75, 3.05) is 19.8 Å². The molecule has 5 heteroatoms. The third-order valence-corrected chi connectivity index (χ3v) is 2.34. The summed E-state index contributed by atoms with van der Waals surface area (Å²) in [4.78, 5) is 11.4. The van der Waals surface area contributed by atoms with Crippen molar-refractivity contribution in [3.05, 3.63) is 0 Å². The van der Waals surface area contributed by atoms with Gasteiger partial charge in [-0.1, -0.05) is 0 Å². The lowest BCUT2D eigenvalue weighted by Gasteiger charge is -2.28. The molecule has 5 nitrogen and oxygen atoms in total. The molecule has 0 spiro atoms. The Morgan fingerprint density at radius 2 is 2.25 bits per heavy atom. The van der Waals surface area contributed by atoms with Gasteiger partial charge in [0.15, 0.2) is 0 Å². The minimum absolute atomic E-state index is 0.0405. The molecule has 0 aromatic heterocycles. The third kappa shape index (κ3) is 4.81. The quantitative estimate of drug-likeness (QED) is 0.741. The van der Waals surface area contributed by atoms with Gasteiger partial charge in [-0.05, 0) is 27.2 Å². The number of carbonyl (C=O) groups is 1. The fourth-order valence-corrected chi connectivity index (χ4v) is 1.51. The molecular formula is C11H21NO4.